The normalized spacial score (nSPS) is 17.4. The Bertz CT molecular complexity index is 702. The number of fused-ring (bicyclic) bond motifs is 1. The van der Waals surface area contributed by atoms with Crippen molar-refractivity contribution in [2.24, 2.45) is 0 Å². The summed E-state index contributed by atoms with van der Waals surface area (Å²) in [6.45, 7) is 7.97. The number of benzene rings is 1. The lowest BCUT2D eigenvalue weighted by Crippen LogP contribution is -2.50. The number of carbonyl (C=O) groups excluding carboxylic acids is 1. The smallest absolute Gasteiger partial charge is 0.227 e. The number of nitrogens with zero attached hydrogens (tertiary/aromatic N) is 2. The van der Waals surface area contributed by atoms with E-state index < -0.39 is 0 Å². The molecule has 2 aromatic rings. The molecule has 0 aliphatic carbocycles. The van der Waals surface area contributed by atoms with Crippen molar-refractivity contribution in [3.8, 4) is 0 Å². The molecule has 0 radical (unpaired) electrons. The molecule has 0 spiro atoms. The van der Waals surface area contributed by atoms with Crippen LogP contribution in [-0.4, -0.2) is 64.6 Å². The molecular weight excluding hydrogens is 302 g/mol. The fourth-order valence-electron chi connectivity index (χ4n) is 3.47. The van der Waals surface area contributed by atoms with Gasteiger partial charge in [0.15, 0.2) is 0 Å². The molecule has 0 saturated carbocycles. The molecule has 1 fully saturated rings. The van der Waals surface area contributed by atoms with Crippen LogP contribution in [0.3, 0.4) is 0 Å². The quantitative estimate of drug-likeness (QED) is 0.881. The van der Waals surface area contributed by atoms with Crippen LogP contribution in [0.4, 0.5) is 0 Å². The Hall–Kier alpha value is -1.85. The van der Waals surface area contributed by atoms with Crippen LogP contribution in [0.2, 0.25) is 0 Å². The molecule has 3 rings (SSSR count). The van der Waals surface area contributed by atoms with E-state index in [-0.39, 0.29) is 12.0 Å². The van der Waals surface area contributed by atoms with E-state index >= 15 is 0 Å². The second-order valence-corrected chi connectivity index (χ2v) is 6.73. The van der Waals surface area contributed by atoms with E-state index in [0.29, 0.717) is 13.0 Å². The number of nitrogens with one attached hydrogen (secondary N) is 1. The number of hydrogen-bond acceptors (Lipinski definition) is 3. The van der Waals surface area contributed by atoms with Gasteiger partial charge in [0.2, 0.25) is 5.91 Å². The van der Waals surface area contributed by atoms with Gasteiger partial charge in [-0.15, -0.1) is 0 Å². The number of aliphatic hydroxyl groups is 1. The third-order valence-corrected chi connectivity index (χ3v) is 5.00. The van der Waals surface area contributed by atoms with Crippen LogP contribution in [0.25, 0.3) is 10.9 Å². The van der Waals surface area contributed by atoms with E-state index in [2.05, 4.69) is 22.9 Å². The summed E-state index contributed by atoms with van der Waals surface area (Å²) in [5.74, 6) is 0.190. The molecule has 2 heterocycles. The number of H-pyrrole nitrogens is 1. The number of β-amino-alcohol motifs (C(OH)–C–C–N with tert-alkyl or cyclic N) is 1. The van der Waals surface area contributed by atoms with Crippen molar-refractivity contribution >= 4 is 16.8 Å². The summed E-state index contributed by atoms with van der Waals surface area (Å²) >= 11 is 0. The van der Waals surface area contributed by atoms with Crippen molar-refractivity contribution in [2.45, 2.75) is 32.8 Å². The highest BCUT2D eigenvalue weighted by Gasteiger charge is 2.23. The minimum absolute atomic E-state index is 0.190. The molecule has 0 bridgehead atoms. The minimum atomic E-state index is -0.263. The number of aryl methyl sites for hydroxylation is 1. The standard InChI is InChI=1S/C19H27N3O2/c1-3-16(23)13-21-7-9-22(10-8-21)18(24)11-15-12-20-17-6-4-5-14(2)19(15)17/h4-6,12,16,20,23H,3,7-11,13H2,1-2H3. The summed E-state index contributed by atoms with van der Waals surface area (Å²) in [6, 6.07) is 6.17. The fourth-order valence-corrected chi connectivity index (χ4v) is 3.47. The number of rotatable bonds is 5. The molecule has 5 nitrogen and oxygen atoms in total. The molecule has 2 N–H and O–H groups in total. The minimum Gasteiger partial charge on any atom is -0.392 e. The highest BCUT2D eigenvalue weighted by molar-refractivity contribution is 5.91. The molecule has 24 heavy (non-hydrogen) atoms. The third kappa shape index (κ3) is 3.62. The van der Waals surface area contributed by atoms with Crippen molar-refractivity contribution in [1.82, 2.24) is 14.8 Å². The fraction of sp³-hybridized carbons (Fsp3) is 0.526. The van der Waals surface area contributed by atoms with Gasteiger partial charge < -0.3 is 15.0 Å². The Morgan fingerprint density at radius 3 is 2.75 bits per heavy atom. The van der Waals surface area contributed by atoms with Gasteiger partial charge in [0.05, 0.1) is 12.5 Å². The lowest BCUT2D eigenvalue weighted by molar-refractivity contribution is -0.132. The first-order valence-corrected chi connectivity index (χ1v) is 8.82. The highest BCUT2D eigenvalue weighted by atomic mass is 16.3. The molecule has 1 aromatic carbocycles. The van der Waals surface area contributed by atoms with E-state index in [0.717, 1.165) is 43.7 Å². The monoisotopic (exact) mass is 329 g/mol. The Morgan fingerprint density at radius 2 is 2.04 bits per heavy atom. The number of aromatic amines is 1. The van der Waals surface area contributed by atoms with Gasteiger partial charge in [-0.25, -0.2) is 0 Å². The lowest BCUT2D eigenvalue weighted by atomic mass is 10.0. The Morgan fingerprint density at radius 1 is 1.29 bits per heavy atom. The predicted molar refractivity (Wildman–Crippen MR) is 96.1 cm³/mol. The Labute approximate surface area is 143 Å². The van der Waals surface area contributed by atoms with E-state index in [1.807, 2.05) is 30.2 Å². The number of carbonyl (C=O) groups is 1. The Balaban J connectivity index is 1.60. The van der Waals surface area contributed by atoms with Crippen molar-refractivity contribution in [2.75, 3.05) is 32.7 Å². The number of aliphatic hydroxyl groups excluding tert-OH is 1. The van der Waals surface area contributed by atoms with E-state index in [4.69, 9.17) is 0 Å². The first kappa shape index (κ1) is 17.0. The maximum atomic E-state index is 12.6. The summed E-state index contributed by atoms with van der Waals surface area (Å²) in [6.07, 6.45) is 2.92. The second kappa shape index (κ2) is 7.36. The lowest BCUT2D eigenvalue weighted by Gasteiger charge is -2.35. The van der Waals surface area contributed by atoms with Crippen LogP contribution >= 0.6 is 0 Å². The van der Waals surface area contributed by atoms with E-state index in [1.54, 1.807) is 0 Å². The summed E-state index contributed by atoms with van der Waals surface area (Å²) in [4.78, 5) is 20.1. The van der Waals surface area contributed by atoms with Crippen LogP contribution in [0.5, 0.6) is 0 Å². The zero-order valence-corrected chi connectivity index (χ0v) is 14.6. The van der Waals surface area contributed by atoms with Crippen LogP contribution in [0.15, 0.2) is 24.4 Å². The van der Waals surface area contributed by atoms with Crippen molar-refractivity contribution in [3.63, 3.8) is 0 Å². The average molecular weight is 329 g/mol. The van der Waals surface area contributed by atoms with Gasteiger partial charge in [0.1, 0.15) is 0 Å². The topological polar surface area (TPSA) is 59.6 Å². The molecule has 1 saturated heterocycles. The van der Waals surface area contributed by atoms with Crippen LogP contribution < -0.4 is 0 Å². The van der Waals surface area contributed by atoms with Crippen molar-refractivity contribution < 1.29 is 9.90 Å². The molecule has 5 heteroatoms. The molecule has 1 atom stereocenters. The summed E-state index contributed by atoms with van der Waals surface area (Å²) in [5, 5.41) is 10.9. The molecule has 1 unspecified atom stereocenters. The maximum Gasteiger partial charge on any atom is 0.227 e. The zero-order chi connectivity index (χ0) is 17.1. The summed E-state index contributed by atoms with van der Waals surface area (Å²) < 4.78 is 0. The average Bonchev–Trinajstić information content (AvgIpc) is 2.99. The zero-order valence-electron chi connectivity index (χ0n) is 14.6. The van der Waals surface area contributed by atoms with Gasteiger partial charge in [-0.3, -0.25) is 9.69 Å². The third-order valence-electron chi connectivity index (χ3n) is 5.00. The summed E-state index contributed by atoms with van der Waals surface area (Å²) in [5.41, 5.74) is 3.38. The number of amides is 1. The number of aromatic nitrogens is 1. The highest BCUT2D eigenvalue weighted by Crippen LogP contribution is 2.23. The van der Waals surface area contributed by atoms with Crippen LogP contribution in [0.1, 0.15) is 24.5 Å². The predicted octanol–water partition coefficient (Wildman–Crippen LogP) is 1.93. The first-order chi connectivity index (χ1) is 11.6. The molecule has 1 aromatic heterocycles. The second-order valence-electron chi connectivity index (χ2n) is 6.73. The Kier molecular flexibility index (Phi) is 5.21. The largest absolute Gasteiger partial charge is 0.392 e. The van der Waals surface area contributed by atoms with Gasteiger partial charge in [0, 0.05) is 49.8 Å². The number of hydrogen-bond donors (Lipinski definition) is 2. The molecule has 1 aliphatic heterocycles. The van der Waals surface area contributed by atoms with Crippen LogP contribution in [0, 0.1) is 6.92 Å². The maximum absolute atomic E-state index is 12.6. The molecule has 130 valence electrons. The van der Waals surface area contributed by atoms with Gasteiger partial charge in [0.25, 0.3) is 0 Å². The molecular formula is C19H27N3O2. The van der Waals surface area contributed by atoms with Gasteiger partial charge in [-0.05, 0) is 30.5 Å². The van der Waals surface area contributed by atoms with Gasteiger partial charge in [-0.2, -0.15) is 0 Å². The van der Waals surface area contributed by atoms with Gasteiger partial charge >= 0.3 is 0 Å². The number of piperazine rings is 1. The molecule has 1 aliphatic rings. The van der Waals surface area contributed by atoms with Crippen molar-refractivity contribution in [3.05, 3.63) is 35.5 Å². The first-order valence-electron chi connectivity index (χ1n) is 8.82. The summed E-state index contributed by atoms with van der Waals surface area (Å²) in [7, 11) is 0. The van der Waals surface area contributed by atoms with Crippen molar-refractivity contribution in [1.29, 1.82) is 0 Å². The van der Waals surface area contributed by atoms with E-state index in [1.165, 1.54) is 10.9 Å². The van der Waals surface area contributed by atoms with Crippen LogP contribution in [-0.2, 0) is 11.2 Å². The van der Waals surface area contributed by atoms with E-state index in [9.17, 15) is 9.90 Å². The SMILES string of the molecule is CCC(O)CN1CCN(C(=O)Cc2c[nH]c3cccc(C)c23)CC1. The molecule has 1 amide bonds. The van der Waals surface area contributed by atoms with Gasteiger partial charge in [-0.1, -0.05) is 19.1 Å².